The van der Waals surface area contributed by atoms with E-state index in [0.717, 1.165) is 5.84 Å². The van der Waals surface area contributed by atoms with Crippen LogP contribution in [0.2, 0.25) is 0 Å². The van der Waals surface area contributed by atoms with Crippen LogP contribution in [0, 0.1) is 0 Å². The molecule has 1 heterocycles. The van der Waals surface area contributed by atoms with Crippen molar-refractivity contribution in [2.45, 2.75) is 5.66 Å². The molecule has 0 saturated carbocycles. The van der Waals surface area contributed by atoms with Crippen molar-refractivity contribution in [3.63, 3.8) is 0 Å². The highest BCUT2D eigenvalue weighted by Gasteiger charge is 2.57. The lowest BCUT2D eigenvalue weighted by Gasteiger charge is -1.97. The van der Waals surface area contributed by atoms with Crippen molar-refractivity contribution in [3.05, 3.63) is 0 Å². The highest BCUT2D eigenvalue weighted by molar-refractivity contribution is 6.19. The second kappa shape index (κ2) is 3.00. The molecule has 1 fully saturated rings. The maximum Gasteiger partial charge on any atom is 0.246 e. The van der Waals surface area contributed by atoms with Crippen LogP contribution in [0.5, 0.6) is 0 Å². The first-order chi connectivity index (χ1) is 5.72. The third-order valence-corrected chi connectivity index (χ3v) is 1.88. The van der Waals surface area contributed by atoms with Crippen molar-refractivity contribution >= 4 is 12.1 Å². The summed E-state index contributed by atoms with van der Waals surface area (Å²) in [6.07, 6.45) is 1.74. The average Bonchev–Trinajstić information content (AvgIpc) is 2.57. The van der Waals surface area contributed by atoms with Crippen LogP contribution in [0.1, 0.15) is 0 Å². The number of nitrogens with zero attached hydrogens (tertiary/aromatic N) is 5. The normalized spacial score (nSPS) is 32.7. The molecular formula is C7H13N5. The second-order valence-corrected chi connectivity index (χ2v) is 2.52. The van der Waals surface area contributed by atoms with Gasteiger partial charge in [0.15, 0.2) is 5.84 Å². The van der Waals surface area contributed by atoms with Gasteiger partial charge in [0, 0.05) is 28.2 Å². The molecule has 5 nitrogen and oxygen atoms in total. The van der Waals surface area contributed by atoms with E-state index in [1.807, 2.05) is 11.9 Å². The van der Waals surface area contributed by atoms with E-state index in [9.17, 15) is 0 Å². The Kier molecular flexibility index (Phi) is 2.21. The van der Waals surface area contributed by atoms with Crippen LogP contribution in [-0.4, -0.2) is 50.8 Å². The molecule has 12 heavy (non-hydrogen) atoms. The molecule has 0 amide bonds. The molecule has 5 heteroatoms. The molecule has 1 aliphatic rings. The average molecular weight is 167 g/mol. The van der Waals surface area contributed by atoms with Crippen LogP contribution >= 0.6 is 0 Å². The summed E-state index contributed by atoms with van der Waals surface area (Å²) in [5.74, 6) is 0.902. The quantitative estimate of drug-likeness (QED) is 0.334. The zero-order chi connectivity index (χ0) is 9.19. The maximum absolute atomic E-state index is 4.07. The molecule has 0 spiro atoms. The van der Waals surface area contributed by atoms with E-state index in [4.69, 9.17) is 0 Å². The second-order valence-electron chi connectivity index (χ2n) is 2.52. The number of hydrogen-bond acceptors (Lipinski definition) is 4. The van der Waals surface area contributed by atoms with Crippen LogP contribution in [-0.2, 0) is 0 Å². The van der Waals surface area contributed by atoms with Crippen molar-refractivity contribution in [3.8, 4) is 0 Å². The van der Waals surface area contributed by atoms with Gasteiger partial charge in [-0.3, -0.25) is 9.98 Å². The Morgan fingerprint density at radius 1 is 1.33 bits per heavy atom. The minimum absolute atomic E-state index is 0.474. The Labute approximate surface area is 71.9 Å². The van der Waals surface area contributed by atoms with Gasteiger partial charge in [-0.15, -0.1) is 0 Å². The molecule has 0 radical (unpaired) electrons. The number of amidine groups is 1. The van der Waals surface area contributed by atoms with Gasteiger partial charge in [0.2, 0.25) is 5.66 Å². The highest BCUT2D eigenvalue weighted by atomic mass is 15.5. The Bertz CT molecular complexity index is 241. The van der Waals surface area contributed by atoms with E-state index in [-0.39, 0.29) is 0 Å². The molecule has 0 aromatic carbocycles. The summed E-state index contributed by atoms with van der Waals surface area (Å²) in [7, 11) is 7.01. The Morgan fingerprint density at radius 2 is 2.00 bits per heavy atom. The minimum Gasteiger partial charge on any atom is -0.323 e. The zero-order valence-corrected chi connectivity index (χ0v) is 7.81. The fourth-order valence-corrected chi connectivity index (χ4v) is 1.28. The summed E-state index contributed by atoms with van der Waals surface area (Å²) < 4.78 is 0. The fraction of sp³-hybridized carbons (Fsp3) is 0.714. The van der Waals surface area contributed by atoms with Crippen LogP contribution in [0.4, 0.5) is 0 Å². The van der Waals surface area contributed by atoms with Gasteiger partial charge in [0.05, 0.1) is 6.21 Å². The molecule has 0 aromatic heterocycles. The molecule has 0 aromatic rings. The first-order valence-electron chi connectivity index (χ1n) is 3.68. The molecule has 1 atom stereocenters. The first-order valence-corrected chi connectivity index (χ1v) is 3.68. The molecule has 0 N–H and O–H groups in total. The lowest BCUT2D eigenvalue weighted by atomic mass is 10.3. The molecule has 66 valence electrons. The van der Waals surface area contributed by atoms with Gasteiger partial charge < -0.3 is 4.90 Å². The largest absolute Gasteiger partial charge is 0.323 e. The molecule has 1 unspecified atom stereocenters. The van der Waals surface area contributed by atoms with Gasteiger partial charge in [-0.2, -0.15) is 10.2 Å². The molecule has 1 saturated heterocycles. The minimum atomic E-state index is -0.474. The predicted octanol–water partition coefficient (Wildman–Crippen LogP) is 0.439. The molecular weight excluding hydrogens is 154 g/mol. The Morgan fingerprint density at radius 3 is 2.33 bits per heavy atom. The highest BCUT2D eigenvalue weighted by Crippen LogP contribution is 2.33. The van der Waals surface area contributed by atoms with Crippen LogP contribution < -0.4 is 0 Å². The summed E-state index contributed by atoms with van der Waals surface area (Å²) in [5, 5.41) is 7.81. The smallest absolute Gasteiger partial charge is 0.246 e. The van der Waals surface area contributed by atoms with Gasteiger partial charge >= 0.3 is 0 Å². The summed E-state index contributed by atoms with van der Waals surface area (Å²) in [4.78, 5) is 9.93. The van der Waals surface area contributed by atoms with Gasteiger partial charge in [-0.25, -0.2) is 0 Å². The molecule has 0 aliphatic carbocycles. The Balaban J connectivity index is 2.94. The fourth-order valence-electron chi connectivity index (χ4n) is 1.28. The van der Waals surface area contributed by atoms with Crippen molar-refractivity contribution in [2.75, 3.05) is 28.2 Å². The summed E-state index contributed by atoms with van der Waals surface area (Å²) in [5.41, 5.74) is -0.474. The third-order valence-electron chi connectivity index (χ3n) is 1.88. The van der Waals surface area contributed by atoms with Crippen molar-refractivity contribution in [1.29, 1.82) is 0 Å². The first kappa shape index (κ1) is 8.83. The summed E-state index contributed by atoms with van der Waals surface area (Å²) in [6.45, 7) is 0. The van der Waals surface area contributed by atoms with E-state index in [1.165, 1.54) is 0 Å². The van der Waals surface area contributed by atoms with Crippen LogP contribution in [0.15, 0.2) is 20.2 Å². The summed E-state index contributed by atoms with van der Waals surface area (Å²) >= 11 is 0. The number of azo groups is 1. The molecule has 1 rings (SSSR count). The standard InChI is InChI=1S/C7H13N5/c1-8-5-7(11-10-3)6(9-2)12(7)4/h5H,1-4H3. The zero-order valence-electron chi connectivity index (χ0n) is 7.81. The SMILES string of the molecule is CN=CC1(N=NC)C(=NC)N1C. The molecule has 1 aliphatic heterocycles. The van der Waals surface area contributed by atoms with Gasteiger partial charge in [-0.1, -0.05) is 0 Å². The van der Waals surface area contributed by atoms with E-state index in [2.05, 4.69) is 20.2 Å². The van der Waals surface area contributed by atoms with E-state index < -0.39 is 5.66 Å². The Hall–Kier alpha value is -1.26. The van der Waals surface area contributed by atoms with Crippen LogP contribution in [0.3, 0.4) is 0 Å². The van der Waals surface area contributed by atoms with Crippen molar-refractivity contribution in [1.82, 2.24) is 4.90 Å². The van der Waals surface area contributed by atoms with Crippen molar-refractivity contribution < 1.29 is 0 Å². The van der Waals surface area contributed by atoms with Crippen LogP contribution in [0.25, 0.3) is 0 Å². The lowest BCUT2D eigenvalue weighted by molar-refractivity contribution is 0.570. The number of aliphatic imine (C=N–C) groups is 2. The van der Waals surface area contributed by atoms with Gasteiger partial charge in [0.25, 0.3) is 0 Å². The van der Waals surface area contributed by atoms with Gasteiger partial charge in [-0.05, 0) is 0 Å². The number of hydrogen-bond donors (Lipinski definition) is 0. The molecule has 0 bridgehead atoms. The van der Waals surface area contributed by atoms with E-state index in [1.54, 1.807) is 27.4 Å². The monoisotopic (exact) mass is 167 g/mol. The summed E-state index contributed by atoms with van der Waals surface area (Å²) in [6, 6.07) is 0. The maximum atomic E-state index is 4.07. The topological polar surface area (TPSA) is 52.4 Å². The van der Waals surface area contributed by atoms with Gasteiger partial charge in [0.1, 0.15) is 0 Å². The van der Waals surface area contributed by atoms with E-state index >= 15 is 0 Å². The number of likely N-dealkylation sites (N-methyl/N-ethyl adjacent to an activating group) is 1. The van der Waals surface area contributed by atoms with E-state index in [0.29, 0.717) is 0 Å². The third kappa shape index (κ3) is 1.01. The predicted molar refractivity (Wildman–Crippen MR) is 49.0 cm³/mol. The lowest BCUT2D eigenvalue weighted by Crippen LogP contribution is -2.15. The van der Waals surface area contributed by atoms with Crippen molar-refractivity contribution in [2.24, 2.45) is 20.2 Å². The number of rotatable bonds is 2.